The zero-order chi connectivity index (χ0) is 14.8. The summed E-state index contributed by atoms with van der Waals surface area (Å²) in [5.41, 5.74) is 0.477. The fourth-order valence-electron chi connectivity index (χ4n) is 3.39. The summed E-state index contributed by atoms with van der Waals surface area (Å²) >= 11 is 0. The number of carbonyl (C=O) groups is 1. The molecule has 1 aliphatic rings. The summed E-state index contributed by atoms with van der Waals surface area (Å²) in [6.45, 7) is 7.35. The minimum Gasteiger partial charge on any atom is -0.481 e. The molecule has 0 unspecified atom stereocenters. The average Bonchev–Trinajstić information content (AvgIpc) is 2.86. The molecule has 2 rings (SSSR count). The van der Waals surface area contributed by atoms with Gasteiger partial charge in [0.25, 0.3) is 0 Å². The summed E-state index contributed by atoms with van der Waals surface area (Å²) in [4.78, 5) is 11.8. The van der Waals surface area contributed by atoms with E-state index >= 15 is 0 Å². The van der Waals surface area contributed by atoms with Gasteiger partial charge in [0.05, 0.1) is 11.6 Å². The highest BCUT2D eigenvalue weighted by Gasteiger charge is 2.42. The van der Waals surface area contributed by atoms with Crippen LogP contribution in [0.25, 0.3) is 0 Å². The molecular weight excluding hydrogens is 252 g/mol. The number of carboxylic acid groups (broad SMARTS) is 1. The van der Waals surface area contributed by atoms with E-state index in [1.54, 1.807) is 0 Å². The Bertz CT molecular complexity index is 457. The zero-order valence-electron chi connectivity index (χ0n) is 12.8. The molecule has 1 N–H and O–H groups in total. The third kappa shape index (κ3) is 3.05. The first kappa shape index (κ1) is 15.1. The van der Waals surface area contributed by atoms with Gasteiger partial charge in [0, 0.05) is 12.7 Å². The van der Waals surface area contributed by atoms with E-state index in [9.17, 15) is 9.90 Å². The summed E-state index contributed by atoms with van der Waals surface area (Å²) in [6, 6.07) is 0. The predicted octanol–water partition coefficient (Wildman–Crippen LogP) is 3.36. The quantitative estimate of drug-likeness (QED) is 0.898. The summed E-state index contributed by atoms with van der Waals surface area (Å²) in [7, 11) is 0. The maximum absolute atomic E-state index is 11.8. The number of aryl methyl sites for hydroxylation is 1. The van der Waals surface area contributed by atoms with Crippen LogP contribution in [0.5, 0.6) is 0 Å². The molecule has 0 atom stereocenters. The Morgan fingerprint density at radius 1 is 1.50 bits per heavy atom. The van der Waals surface area contributed by atoms with E-state index < -0.39 is 11.4 Å². The van der Waals surface area contributed by atoms with Crippen molar-refractivity contribution in [2.45, 2.75) is 59.4 Å². The van der Waals surface area contributed by atoms with Crippen LogP contribution in [0, 0.1) is 17.3 Å². The van der Waals surface area contributed by atoms with E-state index in [-0.39, 0.29) is 0 Å². The predicted molar refractivity (Wildman–Crippen MR) is 78.5 cm³/mol. The molecule has 4 nitrogen and oxygen atoms in total. The van der Waals surface area contributed by atoms with Crippen molar-refractivity contribution >= 4 is 5.97 Å². The van der Waals surface area contributed by atoms with Gasteiger partial charge in [-0.3, -0.25) is 9.48 Å². The van der Waals surface area contributed by atoms with Crippen molar-refractivity contribution in [1.82, 2.24) is 9.78 Å². The van der Waals surface area contributed by atoms with Crippen LogP contribution in [-0.2, 0) is 17.8 Å². The van der Waals surface area contributed by atoms with Gasteiger partial charge >= 0.3 is 5.97 Å². The highest BCUT2D eigenvalue weighted by Crippen LogP contribution is 2.43. The largest absolute Gasteiger partial charge is 0.481 e. The zero-order valence-corrected chi connectivity index (χ0v) is 12.8. The molecule has 0 amide bonds. The normalized spacial score (nSPS) is 26.9. The molecule has 0 saturated heterocycles. The van der Waals surface area contributed by atoms with E-state index in [1.807, 2.05) is 24.0 Å². The first-order chi connectivity index (χ1) is 9.47. The summed E-state index contributed by atoms with van der Waals surface area (Å²) < 4.78 is 1.87. The molecule has 0 bridgehead atoms. The number of carboxylic acids is 1. The minimum absolute atomic E-state index is 0.576. The number of hydrogen-bond donors (Lipinski definition) is 1. The van der Waals surface area contributed by atoms with Gasteiger partial charge in [0.2, 0.25) is 0 Å². The van der Waals surface area contributed by atoms with Crippen LogP contribution in [0.3, 0.4) is 0 Å². The standard InChI is InChI=1S/C16H26N2O2/c1-4-18-11-13(10-17-18)9-16(15(19)20)7-5-14(6-8-16)12(2)3/h10-12,14H,4-9H2,1-3H3,(H,19,20). The SMILES string of the molecule is CCn1cc(CC2(C(=O)O)CCC(C(C)C)CC2)cn1. The van der Waals surface area contributed by atoms with Crippen molar-refractivity contribution in [3.05, 3.63) is 18.0 Å². The molecule has 1 heterocycles. The Morgan fingerprint density at radius 3 is 2.60 bits per heavy atom. The monoisotopic (exact) mass is 278 g/mol. The summed E-state index contributed by atoms with van der Waals surface area (Å²) in [6.07, 6.45) is 8.08. The second-order valence-electron chi connectivity index (χ2n) is 6.55. The van der Waals surface area contributed by atoms with Crippen LogP contribution in [-0.4, -0.2) is 20.9 Å². The van der Waals surface area contributed by atoms with Crippen molar-refractivity contribution in [2.75, 3.05) is 0 Å². The molecule has 1 aromatic heterocycles. The van der Waals surface area contributed by atoms with E-state index in [0.717, 1.165) is 37.8 Å². The fraction of sp³-hybridized carbons (Fsp3) is 0.750. The molecule has 1 aliphatic carbocycles. The fourth-order valence-corrected chi connectivity index (χ4v) is 3.39. The Balaban J connectivity index is 2.09. The number of aliphatic carboxylic acids is 1. The highest BCUT2D eigenvalue weighted by atomic mass is 16.4. The lowest BCUT2D eigenvalue weighted by Gasteiger charge is -2.38. The average molecular weight is 278 g/mol. The van der Waals surface area contributed by atoms with Crippen molar-refractivity contribution in [2.24, 2.45) is 17.3 Å². The molecule has 1 fully saturated rings. The van der Waals surface area contributed by atoms with Crippen molar-refractivity contribution < 1.29 is 9.90 Å². The smallest absolute Gasteiger partial charge is 0.309 e. The lowest BCUT2D eigenvalue weighted by Crippen LogP contribution is -2.38. The van der Waals surface area contributed by atoms with Crippen LogP contribution in [0.15, 0.2) is 12.4 Å². The molecule has 0 spiro atoms. The van der Waals surface area contributed by atoms with E-state index in [0.29, 0.717) is 18.3 Å². The Kier molecular flexibility index (Phi) is 4.51. The first-order valence-corrected chi connectivity index (χ1v) is 7.71. The Morgan fingerprint density at radius 2 is 2.15 bits per heavy atom. The van der Waals surface area contributed by atoms with Crippen LogP contribution in [0.4, 0.5) is 0 Å². The lowest BCUT2D eigenvalue weighted by atomic mass is 9.66. The molecule has 20 heavy (non-hydrogen) atoms. The summed E-state index contributed by atoms with van der Waals surface area (Å²) in [5.74, 6) is 0.703. The van der Waals surface area contributed by atoms with Crippen molar-refractivity contribution in [3.8, 4) is 0 Å². The second-order valence-corrected chi connectivity index (χ2v) is 6.55. The minimum atomic E-state index is -0.635. The van der Waals surface area contributed by atoms with E-state index in [4.69, 9.17) is 0 Å². The highest BCUT2D eigenvalue weighted by molar-refractivity contribution is 5.75. The maximum atomic E-state index is 11.8. The van der Waals surface area contributed by atoms with Gasteiger partial charge in [-0.25, -0.2) is 0 Å². The van der Waals surface area contributed by atoms with Gasteiger partial charge in [-0.2, -0.15) is 5.10 Å². The van der Waals surface area contributed by atoms with Gasteiger partial charge in [-0.05, 0) is 56.4 Å². The molecule has 0 aromatic carbocycles. The van der Waals surface area contributed by atoms with Crippen LogP contribution in [0.1, 0.15) is 52.0 Å². The molecule has 112 valence electrons. The van der Waals surface area contributed by atoms with Crippen molar-refractivity contribution in [1.29, 1.82) is 0 Å². The third-order valence-electron chi connectivity index (χ3n) is 4.94. The van der Waals surface area contributed by atoms with E-state index in [1.165, 1.54) is 0 Å². The molecule has 1 saturated carbocycles. The van der Waals surface area contributed by atoms with Gasteiger partial charge in [0.1, 0.15) is 0 Å². The van der Waals surface area contributed by atoms with Crippen molar-refractivity contribution in [3.63, 3.8) is 0 Å². The van der Waals surface area contributed by atoms with Gasteiger partial charge in [-0.15, -0.1) is 0 Å². The topological polar surface area (TPSA) is 55.1 Å². The second kappa shape index (κ2) is 5.98. The van der Waals surface area contributed by atoms with E-state index in [2.05, 4.69) is 18.9 Å². The maximum Gasteiger partial charge on any atom is 0.309 e. The van der Waals surface area contributed by atoms with Gasteiger partial charge in [0.15, 0.2) is 0 Å². The molecule has 1 aromatic rings. The Hall–Kier alpha value is -1.32. The Labute approximate surface area is 121 Å². The molecule has 0 radical (unpaired) electrons. The molecule has 4 heteroatoms. The number of rotatable bonds is 5. The molecular formula is C16H26N2O2. The van der Waals surface area contributed by atoms with Crippen LogP contribution < -0.4 is 0 Å². The number of hydrogen-bond acceptors (Lipinski definition) is 2. The lowest BCUT2D eigenvalue weighted by molar-refractivity contribution is -0.151. The molecule has 0 aliphatic heterocycles. The first-order valence-electron chi connectivity index (χ1n) is 7.71. The van der Waals surface area contributed by atoms with Gasteiger partial charge < -0.3 is 5.11 Å². The number of nitrogens with zero attached hydrogens (tertiary/aromatic N) is 2. The third-order valence-corrected chi connectivity index (χ3v) is 4.94. The summed E-state index contributed by atoms with van der Waals surface area (Å²) in [5, 5.41) is 14.0. The van der Waals surface area contributed by atoms with Crippen LogP contribution >= 0.6 is 0 Å². The number of aromatic nitrogens is 2. The van der Waals surface area contributed by atoms with Gasteiger partial charge in [-0.1, -0.05) is 13.8 Å². The van der Waals surface area contributed by atoms with Crippen LogP contribution in [0.2, 0.25) is 0 Å².